The van der Waals surface area contributed by atoms with Gasteiger partial charge in [0.25, 0.3) is 0 Å². The van der Waals surface area contributed by atoms with Crippen LogP contribution in [0.25, 0.3) is 0 Å². The highest BCUT2D eigenvalue weighted by atomic mass is 79.9. The van der Waals surface area contributed by atoms with Gasteiger partial charge < -0.3 is 4.90 Å². The molecule has 0 aromatic heterocycles. The minimum absolute atomic E-state index is 1.13. The Morgan fingerprint density at radius 3 is 2.36 bits per heavy atom. The number of anilines is 1. The van der Waals surface area contributed by atoms with Gasteiger partial charge in [0.1, 0.15) is 0 Å². The van der Waals surface area contributed by atoms with E-state index < -0.39 is 0 Å². The van der Waals surface area contributed by atoms with Crippen LogP contribution in [-0.4, -0.2) is 13.1 Å². The van der Waals surface area contributed by atoms with Crippen molar-refractivity contribution in [1.82, 2.24) is 0 Å². The largest absolute Gasteiger partial charge is 0.371 e. The molecule has 1 aromatic rings. The fourth-order valence-electron chi connectivity index (χ4n) is 1.87. The van der Waals surface area contributed by atoms with E-state index in [0.717, 1.165) is 4.47 Å². The summed E-state index contributed by atoms with van der Waals surface area (Å²) in [6.07, 6.45) is 4.02. The van der Waals surface area contributed by atoms with E-state index in [-0.39, 0.29) is 0 Å². The van der Waals surface area contributed by atoms with Gasteiger partial charge in [-0.2, -0.15) is 0 Å². The van der Waals surface area contributed by atoms with E-state index >= 15 is 0 Å². The molecule has 0 bridgehead atoms. The summed E-state index contributed by atoms with van der Waals surface area (Å²) in [6.45, 7) is 2.39. The summed E-state index contributed by atoms with van der Waals surface area (Å²) in [5, 5.41) is 0. The van der Waals surface area contributed by atoms with Gasteiger partial charge in [-0.15, -0.1) is 0 Å². The van der Waals surface area contributed by atoms with E-state index in [0.29, 0.717) is 0 Å². The van der Waals surface area contributed by atoms with E-state index in [4.69, 9.17) is 0 Å². The van der Waals surface area contributed by atoms with Gasteiger partial charge in [-0.3, -0.25) is 0 Å². The molecule has 1 heterocycles. The molecule has 1 nitrogen and oxygen atoms in total. The van der Waals surface area contributed by atoms with E-state index in [2.05, 4.69) is 55.0 Å². The lowest BCUT2D eigenvalue weighted by molar-refractivity contribution is 0.577. The predicted molar refractivity (Wildman–Crippen MR) is 67.9 cm³/mol. The fourth-order valence-corrected chi connectivity index (χ4v) is 3.17. The van der Waals surface area contributed by atoms with Crippen LogP contribution in [0, 0.1) is 0 Å². The summed E-state index contributed by atoms with van der Waals surface area (Å²) in [5.41, 5.74) is 1.33. The third-order valence-corrected chi connectivity index (χ3v) is 3.73. The Hall–Kier alpha value is -0.0200. The lowest BCUT2D eigenvalue weighted by Gasteiger charge is -2.29. The molecule has 3 heteroatoms. The van der Waals surface area contributed by atoms with Gasteiger partial charge in [0.05, 0.1) is 5.69 Å². The van der Waals surface area contributed by atoms with E-state index in [1.54, 1.807) is 0 Å². The quantitative estimate of drug-likeness (QED) is 0.750. The summed E-state index contributed by atoms with van der Waals surface area (Å²) in [6, 6.07) is 6.40. The number of hydrogen-bond donors (Lipinski definition) is 0. The van der Waals surface area contributed by atoms with Crippen molar-refractivity contribution < 1.29 is 0 Å². The van der Waals surface area contributed by atoms with E-state index in [1.165, 1.54) is 42.5 Å². The van der Waals surface area contributed by atoms with Gasteiger partial charge in [-0.1, -0.05) is 15.9 Å². The molecule has 0 saturated carbocycles. The zero-order chi connectivity index (χ0) is 9.97. The maximum absolute atomic E-state index is 3.61. The highest BCUT2D eigenvalue weighted by Gasteiger charge is 2.13. The first-order chi connectivity index (χ1) is 6.77. The predicted octanol–water partition coefficient (Wildman–Crippen LogP) is 4.20. The molecule has 1 aliphatic heterocycles. The van der Waals surface area contributed by atoms with Gasteiger partial charge in [-0.25, -0.2) is 0 Å². The molecule has 0 radical (unpaired) electrons. The van der Waals surface area contributed by atoms with Crippen molar-refractivity contribution in [2.24, 2.45) is 0 Å². The van der Waals surface area contributed by atoms with Crippen LogP contribution in [0.15, 0.2) is 27.1 Å². The van der Waals surface area contributed by atoms with Gasteiger partial charge in [0.2, 0.25) is 0 Å². The first-order valence-corrected chi connectivity index (χ1v) is 6.56. The van der Waals surface area contributed by atoms with Crippen molar-refractivity contribution in [2.45, 2.75) is 19.3 Å². The number of hydrogen-bond acceptors (Lipinski definition) is 1. The fraction of sp³-hybridized carbons (Fsp3) is 0.455. The minimum Gasteiger partial charge on any atom is -0.371 e. The highest BCUT2D eigenvalue weighted by molar-refractivity contribution is 9.11. The molecule has 1 aromatic carbocycles. The van der Waals surface area contributed by atoms with Crippen LogP contribution in [0.3, 0.4) is 0 Å². The number of halogens is 2. The summed E-state index contributed by atoms with van der Waals surface area (Å²) >= 11 is 7.08. The third-order valence-electron chi connectivity index (χ3n) is 2.61. The van der Waals surface area contributed by atoms with Crippen molar-refractivity contribution in [1.29, 1.82) is 0 Å². The van der Waals surface area contributed by atoms with Crippen LogP contribution < -0.4 is 4.90 Å². The SMILES string of the molecule is Brc1ccc(N2CCCCC2)c(Br)c1. The maximum atomic E-state index is 3.61. The first kappa shape index (κ1) is 10.5. The second-order valence-electron chi connectivity index (χ2n) is 3.64. The number of rotatable bonds is 1. The standard InChI is InChI=1S/C11H13Br2N/c12-9-4-5-11(10(13)8-9)14-6-2-1-3-7-14/h4-5,8H,1-3,6-7H2. The Balaban J connectivity index is 2.22. The summed E-state index contributed by atoms with van der Waals surface area (Å²) in [7, 11) is 0. The first-order valence-electron chi connectivity index (χ1n) is 4.97. The Bertz CT molecular complexity index is 319. The summed E-state index contributed by atoms with van der Waals surface area (Å²) in [5.74, 6) is 0. The molecule has 0 spiro atoms. The second-order valence-corrected chi connectivity index (χ2v) is 5.41. The smallest absolute Gasteiger partial charge is 0.0511 e. The van der Waals surface area contributed by atoms with Crippen molar-refractivity contribution in [3.8, 4) is 0 Å². The Labute approximate surface area is 102 Å². The zero-order valence-corrected chi connectivity index (χ0v) is 11.1. The highest BCUT2D eigenvalue weighted by Crippen LogP contribution is 2.30. The average molecular weight is 319 g/mol. The molecule has 1 fully saturated rings. The lowest BCUT2D eigenvalue weighted by atomic mass is 10.1. The molecular weight excluding hydrogens is 306 g/mol. The van der Waals surface area contributed by atoms with Crippen molar-refractivity contribution in [2.75, 3.05) is 18.0 Å². The van der Waals surface area contributed by atoms with Crippen molar-refractivity contribution >= 4 is 37.5 Å². The zero-order valence-electron chi connectivity index (χ0n) is 7.97. The Morgan fingerprint density at radius 2 is 1.71 bits per heavy atom. The molecule has 0 amide bonds. The van der Waals surface area contributed by atoms with Gasteiger partial charge >= 0.3 is 0 Å². The molecule has 0 unspecified atom stereocenters. The molecule has 76 valence electrons. The number of nitrogens with zero attached hydrogens (tertiary/aromatic N) is 1. The maximum Gasteiger partial charge on any atom is 0.0511 e. The second kappa shape index (κ2) is 4.67. The Kier molecular flexibility index (Phi) is 3.50. The van der Waals surface area contributed by atoms with Crippen LogP contribution in [-0.2, 0) is 0 Å². The van der Waals surface area contributed by atoms with Crippen molar-refractivity contribution in [3.63, 3.8) is 0 Å². The van der Waals surface area contributed by atoms with Crippen LogP contribution in [0.2, 0.25) is 0 Å². The average Bonchev–Trinajstić information content (AvgIpc) is 2.19. The van der Waals surface area contributed by atoms with Crippen LogP contribution in [0.4, 0.5) is 5.69 Å². The normalized spacial score (nSPS) is 17.1. The molecule has 1 aliphatic rings. The minimum atomic E-state index is 1.13. The monoisotopic (exact) mass is 317 g/mol. The van der Waals surface area contributed by atoms with E-state index in [9.17, 15) is 0 Å². The van der Waals surface area contributed by atoms with Gasteiger partial charge in [0.15, 0.2) is 0 Å². The molecule has 1 saturated heterocycles. The van der Waals surface area contributed by atoms with Crippen LogP contribution >= 0.6 is 31.9 Å². The topological polar surface area (TPSA) is 3.24 Å². The van der Waals surface area contributed by atoms with Crippen LogP contribution in [0.1, 0.15) is 19.3 Å². The molecule has 0 aliphatic carbocycles. The van der Waals surface area contributed by atoms with Gasteiger partial charge in [0, 0.05) is 22.0 Å². The molecule has 0 atom stereocenters. The lowest BCUT2D eigenvalue weighted by Crippen LogP contribution is -2.29. The summed E-state index contributed by atoms with van der Waals surface area (Å²) < 4.78 is 2.32. The number of benzene rings is 1. The molecule has 14 heavy (non-hydrogen) atoms. The molecule has 2 rings (SSSR count). The molecule has 0 N–H and O–H groups in total. The Morgan fingerprint density at radius 1 is 1.00 bits per heavy atom. The number of piperidine rings is 1. The third kappa shape index (κ3) is 2.31. The van der Waals surface area contributed by atoms with Crippen molar-refractivity contribution in [3.05, 3.63) is 27.1 Å². The summed E-state index contributed by atoms with van der Waals surface area (Å²) in [4.78, 5) is 2.46. The van der Waals surface area contributed by atoms with Crippen LogP contribution in [0.5, 0.6) is 0 Å². The van der Waals surface area contributed by atoms with Gasteiger partial charge in [-0.05, 0) is 53.4 Å². The van der Waals surface area contributed by atoms with E-state index in [1.807, 2.05) is 0 Å². The molecular formula is C11H13Br2N.